The fraction of sp³-hybridized carbons (Fsp3) is 0.500. The van der Waals surface area contributed by atoms with Gasteiger partial charge in [-0.15, -0.1) is 0 Å². The molecule has 0 saturated heterocycles. The lowest BCUT2D eigenvalue weighted by Gasteiger charge is -2.36. The van der Waals surface area contributed by atoms with Crippen LogP contribution in [0.25, 0.3) is 0 Å². The molecule has 8 nitrogen and oxygen atoms in total. The molecular weight excluding hydrogens is 316 g/mol. The maximum Gasteiger partial charge on any atom is 0.329 e. The number of amides is 1. The predicted molar refractivity (Wildman–Crippen MR) is 84.7 cm³/mol. The standard InChI is InChI=1S/C16H20N2O6/c1-11-5-7-16(8-6-11,15(20)21)17-14(19)10-24-13-4-2-3-12(9-13)18(22)23/h2-4,9,11H,5-8,10H2,1H3,(H,17,19)(H,20,21). The minimum atomic E-state index is -1.25. The van der Waals surface area contributed by atoms with Crippen LogP contribution in [-0.2, 0) is 9.59 Å². The van der Waals surface area contributed by atoms with Gasteiger partial charge in [0.1, 0.15) is 11.3 Å². The highest BCUT2D eigenvalue weighted by atomic mass is 16.6. The Morgan fingerprint density at radius 3 is 2.67 bits per heavy atom. The Labute approximate surface area is 139 Å². The van der Waals surface area contributed by atoms with Crippen molar-refractivity contribution < 1.29 is 24.4 Å². The highest BCUT2D eigenvalue weighted by Gasteiger charge is 2.42. The van der Waals surface area contributed by atoms with E-state index in [1.54, 1.807) is 0 Å². The summed E-state index contributed by atoms with van der Waals surface area (Å²) in [5, 5.41) is 22.7. The van der Waals surface area contributed by atoms with Crippen molar-refractivity contribution in [1.29, 1.82) is 0 Å². The number of hydrogen-bond donors (Lipinski definition) is 2. The van der Waals surface area contributed by atoms with Crippen LogP contribution >= 0.6 is 0 Å². The fourth-order valence-corrected chi connectivity index (χ4v) is 2.79. The van der Waals surface area contributed by atoms with Crippen LogP contribution in [0, 0.1) is 16.0 Å². The van der Waals surface area contributed by atoms with Gasteiger partial charge in [-0.25, -0.2) is 4.79 Å². The van der Waals surface area contributed by atoms with E-state index < -0.39 is 28.9 Å². The third kappa shape index (κ3) is 4.21. The van der Waals surface area contributed by atoms with E-state index >= 15 is 0 Å². The Balaban J connectivity index is 1.95. The molecule has 0 aromatic heterocycles. The number of benzene rings is 1. The van der Waals surface area contributed by atoms with Crippen molar-refractivity contribution in [2.45, 2.75) is 38.1 Å². The molecule has 8 heteroatoms. The second kappa shape index (κ2) is 7.29. The van der Waals surface area contributed by atoms with Crippen LogP contribution in [0.2, 0.25) is 0 Å². The van der Waals surface area contributed by atoms with Crippen LogP contribution in [0.4, 0.5) is 5.69 Å². The molecule has 0 radical (unpaired) electrons. The maximum absolute atomic E-state index is 12.1. The van der Waals surface area contributed by atoms with Gasteiger partial charge in [-0.1, -0.05) is 13.0 Å². The monoisotopic (exact) mass is 336 g/mol. The van der Waals surface area contributed by atoms with Crippen molar-refractivity contribution in [1.82, 2.24) is 5.32 Å². The number of hydrogen-bond acceptors (Lipinski definition) is 5. The minimum Gasteiger partial charge on any atom is -0.484 e. The smallest absolute Gasteiger partial charge is 0.329 e. The minimum absolute atomic E-state index is 0.142. The van der Waals surface area contributed by atoms with Crippen molar-refractivity contribution in [3.05, 3.63) is 34.4 Å². The summed E-state index contributed by atoms with van der Waals surface area (Å²) in [6.45, 7) is 1.66. The summed E-state index contributed by atoms with van der Waals surface area (Å²) in [7, 11) is 0. The lowest BCUT2D eigenvalue weighted by atomic mass is 9.77. The summed E-state index contributed by atoms with van der Waals surface area (Å²) in [5.41, 5.74) is -1.40. The van der Waals surface area contributed by atoms with Crippen LogP contribution in [0.3, 0.4) is 0 Å². The number of carbonyl (C=O) groups is 2. The number of carboxylic acid groups (broad SMARTS) is 1. The zero-order valence-corrected chi connectivity index (χ0v) is 13.4. The molecule has 0 heterocycles. The van der Waals surface area contributed by atoms with E-state index in [1.807, 2.05) is 0 Å². The molecule has 1 aromatic carbocycles. The average Bonchev–Trinajstić information content (AvgIpc) is 2.55. The van der Waals surface area contributed by atoms with Crippen molar-refractivity contribution >= 4 is 17.6 Å². The van der Waals surface area contributed by atoms with Crippen molar-refractivity contribution in [3.8, 4) is 5.75 Å². The molecule has 1 aliphatic carbocycles. The number of rotatable bonds is 6. The number of nitrogens with one attached hydrogen (secondary N) is 1. The number of nitro benzene ring substituents is 1. The van der Waals surface area contributed by atoms with Gasteiger partial charge in [-0.2, -0.15) is 0 Å². The highest BCUT2D eigenvalue weighted by molar-refractivity contribution is 5.87. The summed E-state index contributed by atoms with van der Waals surface area (Å²) in [5.74, 6) is -0.979. The van der Waals surface area contributed by atoms with E-state index in [4.69, 9.17) is 4.74 Å². The van der Waals surface area contributed by atoms with Gasteiger partial charge >= 0.3 is 5.97 Å². The molecule has 2 N–H and O–H groups in total. The second-order valence-corrected chi connectivity index (χ2v) is 6.16. The van der Waals surface area contributed by atoms with E-state index in [0.717, 1.165) is 12.8 Å². The van der Waals surface area contributed by atoms with Crippen LogP contribution in [-0.4, -0.2) is 34.1 Å². The molecule has 1 aliphatic rings. The molecule has 2 rings (SSSR count). The van der Waals surface area contributed by atoms with Gasteiger partial charge in [0.05, 0.1) is 11.0 Å². The largest absolute Gasteiger partial charge is 0.484 e. The number of nitro groups is 1. The first-order valence-electron chi connectivity index (χ1n) is 7.74. The van der Waals surface area contributed by atoms with E-state index in [0.29, 0.717) is 18.8 Å². The molecule has 1 aromatic rings. The van der Waals surface area contributed by atoms with Crippen LogP contribution in [0.1, 0.15) is 32.6 Å². The summed E-state index contributed by atoms with van der Waals surface area (Å²) >= 11 is 0. The van der Waals surface area contributed by atoms with Gasteiger partial charge in [0.15, 0.2) is 6.61 Å². The fourth-order valence-electron chi connectivity index (χ4n) is 2.79. The van der Waals surface area contributed by atoms with E-state index in [2.05, 4.69) is 12.2 Å². The quantitative estimate of drug-likeness (QED) is 0.606. The van der Waals surface area contributed by atoms with Crippen molar-refractivity contribution in [2.24, 2.45) is 5.92 Å². The van der Waals surface area contributed by atoms with Gasteiger partial charge in [0, 0.05) is 6.07 Å². The summed E-state index contributed by atoms with van der Waals surface area (Å²) < 4.78 is 5.24. The van der Waals surface area contributed by atoms with Crippen molar-refractivity contribution in [2.75, 3.05) is 6.61 Å². The van der Waals surface area contributed by atoms with Crippen molar-refractivity contribution in [3.63, 3.8) is 0 Å². The first-order chi connectivity index (χ1) is 11.3. The second-order valence-electron chi connectivity index (χ2n) is 6.16. The number of ether oxygens (including phenoxy) is 1. The zero-order valence-electron chi connectivity index (χ0n) is 13.4. The molecule has 24 heavy (non-hydrogen) atoms. The number of aliphatic carboxylic acids is 1. The number of carbonyl (C=O) groups excluding carboxylic acids is 1. The predicted octanol–water partition coefficient (Wildman–Crippen LogP) is 2.12. The Morgan fingerprint density at radius 2 is 2.08 bits per heavy atom. The molecule has 130 valence electrons. The maximum atomic E-state index is 12.1. The molecular formula is C16H20N2O6. The van der Waals surface area contributed by atoms with Gasteiger partial charge in [-0.3, -0.25) is 14.9 Å². The Hall–Kier alpha value is -2.64. The van der Waals surface area contributed by atoms with Gasteiger partial charge in [0.2, 0.25) is 0 Å². The number of nitrogens with zero attached hydrogens (tertiary/aromatic N) is 1. The topological polar surface area (TPSA) is 119 Å². The Morgan fingerprint density at radius 1 is 1.42 bits per heavy atom. The SMILES string of the molecule is CC1CCC(NC(=O)COc2cccc([N+](=O)[O-])c2)(C(=O)O)CC1. The third-order valence-electron chi connectivity index (χ3n) is 4.31. The highest BCUT2D eigenvalue weighted by Crippen LogP contribution is 2.32. The van der Waals surface area contributed by atoms with Crippen LogP contribution < -0.4 is 10.1 Å². The first-order valence-corrected chi connectivity index (χ1v) is 7.74. The lowest BCUT2D eigenvalue weighted by molar-refractivity contribution is -0.384. The van der Waals surface area contributed by atoms with Crippen LogP contribution in [0.15, 0.2) is 24.3 Å². The number of carboxylic acids is 1. The Bertz CT molecular complexity index is 637. The molecule has 1 saturated carbocycles. The normalized spacial score (nSPS) is 23.3. The Kier molecular flexibility index (Phi) is 5.38. The molecule has 0 unspecified atom stereocenters. The zero-order chi connectivity index (χ0) is 17.7. The molecule has 1 amide bonds. The van der Waals surface area contributed by atoms with E-state index in [9.17, 15) is 24.8 Å². The average molecular weight is 336 g/mol. The molecule has 0 aliphatic heterocycles. The van der Waals surface area contributed by atoms with E-state index in [1.165, 1.54) is 24.3 Å². The van der Waals surface area contributed by atoms with Crippen LogP contribution in [0.5, 0.6) is 5.75 Å². The van der Waals surface area contributed by atoms with Gasteiger partial charge in [0.25, 0.3) is 11.6 Å². The first kappa shape index (κ1) is 17.7. The summed E-state index contributed by atoms with van der Waals surface area (Å²) in [4.78, 5) is 33.8. The van der Waals surface area contributed by atoms with E-state index in [-0.39, 0.29) is 11.4 Å². The molecule has 0 atom stereocenters. The molecule has 0 spiro atoms. The van der Waals surface area contributed by atoms with Gasteiger partial charge in [-0.05, 0) is 37.7 Å². The lowest BCUT2D eigenvalue weighted by Crippen LogP contribution is -2.57. The molecule has 1 fully saturated rings. The third-order valence-corrected chi connectivity index (χ3v) is 4.31. The summed E-state index contributed by atoms with van der Waals surface area (Å²) in [6, 6.07) is 5.47. The molecule has 0 bridgehead atoms. The van der Waals surface area contributed by atoms with Gasteiger partial charge < -0.3 is 15.2 Å². The summed E-state index contributed by atoms with van der Waals surface area (Å²) in [6.07, 6.45) is 2.23. The number of non-ortho nitro benzene ring substituents is 1.